The number of hydrogen-bond acceptors (Lipinski definition) is 4. The third kappa shape index (κ3) is 4.83. The molecule has 0 bridgehead atoms. The second kappa shape index (κ2) is 9.02. The fourth-order valence-electron chi connectivity index (χ4n) is 2.64. The largest absolute Gasteiger partial charge is 0.492 e. The summed E-state index contributed by atoms with van der Waals surface area (Å²) in [4.78, 5) is 0.999. The van der Waals surface area contributed by atoms with Crippen LogP contribution in [0, 0.1) is 0 Å². The van der Waals surface area contributed by atoms with Crippen molar-refractivity contribution in [2.75, 3.05) is 13.2 Å². The predicted molar refractivity (Wildman–Crippen MR) is 104 cm³/mol. The molecule has 0 spiro atoms. The highest BCUT2D eigenvalue weighted by molar-refractivity contribution is 7.10. The van der Waals surface area contributed by atoms with E-state index in [2.05, 4.69) is 23.5 Å². The van der Waals surface area contributed by atoms with Gasteiger partial charge in [-0.1, -0.05) is 35.9 Å². The molecule has 5 heteroatoms. The zero-order chi connectivity index (χ0) is 17.5. The van der Waals surface area contributed by atoms with Crippen LogP contribution < -0.4 is 10.1 Å². The van der Waals surface area contributed by atoms with E-state index in [-0.39, 0.29) is 6.61 Å². The summed E-state index contributed by atoms with van der Waals surface area (Å²) in [5.41, 5.74) is 3.49. The van der Waals surface area contributed by atoms with Crippen molar-refractivity contribution in [3.8, 4) is 16.9 Å². The summed E-state index contributed by atoms with van der Waals surface area (Å²) in [6.07, 6.45) is 0. The van der Waals surface area contributed by atoms with Crippen LogP contribution in [0.1, 0.15) is 10.4 Å². The number of halogens is 1. The van der Waals surface area contributed by atoms with Crippen LogP contribution >= 0.6 is 22.9 Å². The molecule has 3 rings (SSSR count). The zero-order valence-electron chi connectivity index (χ0n) is 13.7. The number of aliphatic hydroxyl groups excluding tert-OH is 1. The highest BCUT2D eigenvalue weighted by Crippen LogP contribution is 2.30. The van der Waals surface area contributed by atoms with Crippen LogP contribution in [0.2, 0.25) is 5.02 Å². The Kier molecular flexibility index (Phi) is 6.48. The Hall–Kier alpha value is -1.85. The van der Waals surface area contributed by atoms with Crippen molar-refractivity contribution in [2.45, 2.75) is 13.2 Å². The van der Waals surface area contributed by atoms with Gasteiger partial charge in [-0.2, -0.15) is 0 Å². The van der Waals surface area contributed by atoms with Gasteiger partial charge in [-0.3, -0.25) is 0 Å². The van der Waals surface area contributed by atoms with Crippen molar-refractivity contribution in [3.05, 3.63) is 75.4 Å². The maximum Gasteiger partial charge on any atom is 0.119 e. The summed E-state index contributed by atoms with van der Waals surface area (Å²) >= 11 is 7.44. The third-order valence-electron chi connectivity index (χ3n) is 3.87. The van der Waals surface area contributed by atoms with Gasteiger partial charge in [0.15, 0.2) is 0 Å². The fraction of sp³-hybridized carbons (Fsp3) is 0.200. The molecule has 1 heterocycles. The molecule has 1 aromatic heterocycles. The molecule has 0 aliphatic rings. The molecule has 0 fully saturated rings. The molecule has 0 saturated heterocycles. The van der Waals surface area contributed by atoms with Crippen molar-refractivity contribution >= 4 is 22.9 Å². The van der Waals surface area contributed by atoms with E-state index in [4.69, 9.17) is 16.3 Å². The van der Waals surface area contributed by atoms with E-state index in [0.717, 1.165) is 29.3 Å². The van der Waals surface area contributed by atoms with Gasteiger partial charge >= 0.3 is 0 Å². The van der Waals surface area contributed by atoms with Crippen LogP contribution in [0.25, 0.3) is 11.1 Å². The highest BCUT2D eigenvalue weighted by Gasteiger charge is 2.09. The standard InChI is InChI=1S/C20H20ClNO2S/c21-16-5-7-17(8-6-16)24-11-10-22-13-15-3-1-2-4-18(15)19-9-12-25-20(19)14-23/h1-9,12,22-23H,10-11,13-14H2. The molecule has 3 nitrogen and oxygen atoms in total. The van der Waals surface area contributed by atoms with Gasteiger partial charge in [-0.05, 0) is 52.4 Å². The molecule has 0 radical (unpaired) electrons. The molecular formula is C20H20ClNO2S. The summed E-state index contributed by atoms with van der Waals surface area (Å²) < 4.78 is 5.69. The van der Waals surface area contributed by atoms with E-state index in [1.54, 1.807) is 11.3 Å². The summed E-state index contributed by atoms with van der Waals surface area (Å²) in [7, 11) is 0. The van der Waals surface area contributed by atoms with E-state index in [1.165, 1.54) is 11.1 Å². The first-order valence-corrected chi connectivity index (χ1v) is 9.38. The molecule has 0 aliphatic heterocycles. The summed E-state index contributed by atoms with van der Waals surface area (Å²) in [5.74, 6) is 0.817. The van der Waals surface area contributed by atoms with Crippen LogP contribution in [0.15, 0.2) is 60.0 Å². The van der Waals surface area contributed by atoms with Crippen molar-refractivity contribution in [2.24, 2.45) is 0 Å². The van der Waals surface area contributed by atoms with Gasteiger partial charge in [0.2, 0.25) is 0 Å². The predicted octanol–water partition coefficient (Wildman–Crippen LogP) is 4.73. The quantitative estimate of drug-likeness (QED) is 0.561. The molecule has 2 aromatic carbocycles. The van der Waals surface area contributed by atoms with Gasteiger partial charge in [0.25, 0.3) is 0 Å². The first-order chi connectivity index (χ1) is 12.3. The molecule has 3 aromatic rings. The number of aliphatic hydroxyl groups is 1. The Balaban J connectivity index is 1.54. The van der Waals surface area contributed by atoms with Crippen LogP contribution in [-0.2, 0) is 13.2 Å². The molecule has 0 amide bonds. The molecule has 0 saturated carbocycles. The van der Waals surface area contributed by atoms with Gasteiger partial charge in [-0.25, -0.2) is 0 Å². The molecular weight excluding hydrogens is 354 g/mol. The maximum absolute atomic E-state index is 9.50. The third-order valence-corrected chi connectivity index (χ3v) is 5.03. The lowest BCUT2D eigenvalue weighted by atomic mass is 10.0. The highest BCUT2D eigenvalue weighted by atomic mass is 35.5. The zero-order valence-corrected chi connectivity index (χ0v) is 15.3. The smallest absolute Gasteiger partial charge is 0.119 e. The monoisotopic (exact) mass is 373 g/mol. The Bertz CT molecular complexity index is 801. The van der Waals surface area contributed by atoms with E-state index >= 15 is 0 Å². The average molecular weight is 374 g/mol. The molecule has 2 N–H and O–H groups in total. The Morgan fingerprint density at radius 2 is 1.80 bits per heavy atom. The number of benzene rings is 2. The first kappa shape index (κ1) is 18.0. The molecule has 130 valence electrons. The van der Waals surface area contributed by atoms with Crippen molar-refractivity contribution < 1.29 is 9.84 Å². The number of ether oxygens (including phenoxy) is 1. The van der Waals surface area contributed by atoms with E-state index in [0.29, 0.717) is 11.6 Å². The van der Waals surface area contributed by atoms with Crippen LogP contribution in [0.3, 0.4) is 0 Å². The molecule has 0 aliphatic carbocycles. The Morgan fingerprint density at radius 1 is 1.00 bits per heavy atom. The van der Waals surface area contributed by atoms with E-state index in [1.807, 2.05) is 41.8 Å². The maximum atomic E-state index is 9.50. The van der Waals surface area contributed by atoms with Crippen molar-refractivity contribution in [1.82, 2.24) is 5.32 Å². The van der Waals surface area contributed by atoms with Gasteiger partial charge in [-0.15, -0.1) is 11.3 Å². The van der Waals surface area contributed by atoms with Crippen molar-refractivity contribution in [1.29, 1.82) is 0 Å². The van der Waals surface area contributed by atoms with E-state index in [9.17, 15) is 5.11 Å². The first-order valence-electron chi connectivity index (χ1n) is 8.12. The SMILES string of the molecule is OCc1sccc1-c1ccccc1CNCCOc1ccc(Cl)cc1. The normalized spacial score (nSPS) is 10.8. The van der Waals surface area contributed by atoms with Gasteiger partial charge in [0.1, 0.15) is 12.4 Å². The average Bonchev–Trinajstić information content (AvgIpc) is 3.12. The lowest BCUT2D eigenvalue weighted by Crippen LogP contribution is -2.21. The second-order valence-corrected chi connectivity index (χ2v) is 6.99. The van der Waals surface area contributed by atoms with Gasteiger partial charge < -0.3 is 15.2 Å². The Labute approximate surface area is 156 Å². The number of hydrogen-bond donors (Lipinski definition) is 2. The minimum atomic E-state index is 0.0731. The minimum Gasteiger partial charge on any atom is -0.492 e. The van der Waals surface area contributed by atoms with E-state index < -0.39 is 0 Å². The van der Waals surface area contributed by atoms with Gasteiger partial charge in [0, 0.05) is 23.0 Å². The second-order valence-electron chi connectivity index (χ2n) is 5.55. The molecule has 0 atom stereocenters. The van der Waals surface area contributed by atoms with Crippen LogP contribution in [0.5, 0.6) is 5.75 Å². The number of thiophene rings is 1. The van der Waals surface area contributed by atoms with Crippen LogP contribution in [0.4, 0.5) is 0 Å². The Morgan fingerprint density at radius 3 is 2.60 bits per heavy atom. The lowest BCUT2D eigenvalue weighted by Gasteiger charge is -2.12. The summed E-state index contributed by atoms with van der Waals surface area (Å²) in [5, 5.41) is 15.6. The fourth-order valence-corrected chi connectivity index (χ4v) is 3.51. The summed E-state index contributed by atoms with van der Waals surface area (Å²) in [6.45, 7) is 2.15. The van der Waals surface area contributed by atoms with Crippen LogP contribution in [-0.4, -0.2) is 18.3 Å². The number of nitrogens with one attached hydrogen (secondary N) is 1. The lowest BCUT2D eigenvalue weighted by molar-refractivity contribution is 0.286. The topological polar surface area (TPSA) is 41.5 Å². The molecule has 0 unspecified atom stereocenters. The minimum absolute atomic E-state index is 0.0731. The molecule has 25 heavy (non-hydrogen) atoms. The summed E-state index contributed by atoms with van der Waals surface area (Å²) in [6, 6.07) is 17.7. The van der Waals surface area contributed by atoms with Gasteiger partial charge in [0.05, 0.1) is 6.61 Å². The number of rotatable bonds is 8. The van der Waals surface area contributed by atoms with Crippen molar-refractivity contribution in [3.63, 3.8) is 0 Å².